The van der Waals surface area contributed by atoms with Crippen LogP contribution in [0.25, 0.3) is 0 Å². The van der Waals surface area contributed by atoms with Gasteiger partial charge < -0.3 is 16.2 Å². The van der Waals surface area contributed by atoms with E-state index in [-0.39, 0.29) is 18.6 Å². The number of carbonyl (C=O) groups excluding carboxylic acids is 1. The van der Waals surface area contributed by atoms with E-state index in [4.69, 9.17) is 10.8 Å². The van der Waals surface area contributed by atoms with Crippen LogP contribution in [-0.4, -0.2) is 36.0 Å². The lowest BCUT2D eigenvalue weighted by Crippen LogP contribution is -2.31. The maximum Gasteiger partial charge on any atom is 0.320 e. The smallest absolute Gasteiger partial charge is 0.320 e. The van der Waals surface area contributed by atoms with E-state index in [0.717, 1.165) is 6.54 Å². The monoisotopic (exact) mass is 188 g/mol. The third kappa shape index (κ3) is 6.24. The fourth-order valence-electron chi connectivity index (χ4n) is 0.793. The number of nitrogens with one attached hydrogen (secondary N) is 1. The Morgan fingerprint density at radius 1 is 1.54 bits per heavy atom. The highest BCUT2D eigenvalue weighted by Gasteiger charge is 2.12. The molecule has 4 N–H and O–H groups in total. The molecule has 5 heteroatoms. The maximum atomic E-state index is 11.0. The first-order valence-corrected chi connectivity index (χ1v) is 4.28. The first-order chi connectivity index (χ1) is 6.07. The minimum Gasteiger partial charge on any atom is -0.480 e. The summed E-state index contributed by atoms with van der Waals surface area (Å²) in [6, 6.07) is -0.925. The van der Waals surface area contributed by atoms with Gasteiger partial charge in [-0.15, -0.1) is 0 Å². The number of rotatable bonds is 7. The molecule has 1 atom stereocenters. The van der Waals surface area contributed by atoms with Crippen LogP contribution in [0.1, 0.15) is 19.8 Å². The van der Waals surface area contributed by atoms with Crippen molar-refractivity contribution < 1.29 is 14.7 Å². The molecule has 0 radical (unpaired) electrons. The van der Waals surface area contributed by atoms with E-state index < -0.39 is 12.0 Å². The van der Waals surface area contributed by atoms with Crippen molar-refractivity contribution in [2.45, 2.75) is 25.8 Å². The van der Waals surface area contributed by atoms with Crippen LogP contribution >= 0.6 is 0 Å². The Balaban J connectivity index is 3.52. The van der Waals surface area contributed by atoms with Crippen LogP contribution in [0.2, 0.25) is 0 Å². The third-order valence-corrected chi connectivity index (χ3v) is 1.62. The zero-order valence-corrected chi connectivity index (χ0v) is 7.75. The number of hydrogen-bond donors (Lipinski definition) is 3. The third-order valence-electron chi connectivity index (χ3n) is 1.62. The normalized spacial score (nSPS) is 12.5. The number of aliphatic carboxylic acids is 1. The zero-order valence-electron chi connectivity index (χ0n) is 7.75. The molecular weight excluding hydrogens is 172 g/mol. The molecule has 0 aromatic heterocycles. The van der Waals surface area contributed by atoms with Crippen molar-refractivity contribution in [1.29, 1.82) is 0 Å². The largest absolute Gasteiger partial charge is 0.480 e. The number of ketones is 1. The highest BCUT2D eigenvalue weighted by atomic mass is 16.4. The van der Waals surface area contributed by atoms with Gasteiger partial charge in [0.05, 0.1) is 6.54 Å². The van der Waals surface area contributed by atoms with Gasteiger partial charge in [0, 0.05) is 6.42 Å². The lowest BCUT2D eigenvalue weighted by Gasteiger charge is -2.05. The predicted octanol–water partition coefficient (Wildman–Crippen LogP) is -0.643. The maximum absolute atomic E-state index is 11.0. The highest BCUT2D eigenvalue weighted by molar-refractivity contribution is 5.81. The Labute approximate surface area is 77.3 Å². The van der Waals surface area contributed by atoms with Gasteiger partial charge in [0.25, 0.3) is 0 Å². The Morgan fingerprint density at radius 3 is 2.62 bits per heavy atom. The number of carboxylic acids is 1. The first kappa shape index (κ1) is 12.1. The van der Waals surface area contributed by atoms with Crippen molar-refractivity contribution in [3.63, 3.8) is 0 Å². The van der Waals surface area contributed by atoms with Crippen LogP contribution in [0.5, 0.6) is 0 Å². The average Bonchev–Trinajstić information content (AvgIpc) is 2.10. The van der Waals surface area contributed by atoms with Gasteiger partial charge in [-0.25, -0.2) is 0 Å². The molecule has 76 valence electrons. The van der Waals surface area contributed by atoms with Crippen LogP contribution in [0.4, 0.5) is 0 Å². The zero-order chi connectivity index (χ0) is 10.3. The summed E-state index contributed by atoms with van der Waals surface area (Å²) < 4.78 is 0. The van der Waals surface area contributed by atoms with Crippen LogP contribution < -0.4 is 11.1 Å². The lowest BCUT2D eigenvalue weighted by molar-refractivity contribution is -0.138. The van der Waals surface area contributed by atoms with Crippen molar-refractivity contribution in [3.05, 3.63) is 0 Å². The molecule has 0 aliphatic carbocycles. The van der Waals surface area contributed by atoms with Crippen LogP contribution in [0, 0.1) is 0 Å². The molecule has 0 fully saturated rings. The molecule has 0 rings (SSSR count). The van der Waals surface area contributed by atoms with Gasteiger partial charge in [-0.2, -0.15) is 0 Å². The fraction of sp³-hybridized carbons (Fsp3) is 0.750. The SMILES string of the molecule is CCNCC(=O)CCC(N)C(=O)O. The quantitative estimate of drug-likeness (QED) is 0.494. The summed E-state index contributed by atoms with van der Waals surface area (Å²) in [5.41, 5.74) is 5.22. The molecule has 5 nitrogen and oxygen atoms in total. The van der Waals surface area contributed by atoms with Gasteiger partial charge in [0.1, 0.15) is 11.8 Å². The molecule has 0 heterocycles. The molecule has 0 aliphatic heterocycles. The van der Waals surface area contributed by atoms with Gasteiger partial charge >= 0.3 is 5.97 Å². The van der Waals surface area contributed by atoms with E-state index in [0.29, 0.717) is 6.54 Å². The number of carbonyl (C=O) groups is 2. The summed E-state index contributed by atoms with van der Waals surface area (Å²) in [5.74, 6) is -1.06. The number of likely N-dealkylation sites (N-methyl/N-ethyl adjacent to an activating group) is 1. The molecule has 0 aromatic rings. The molecule has 0 saturated carbocycles. The second-order valence-electron chi connectivity index (χ2n) is 2.80. The molecule has 0 amide bonds. The number of hydrogen-bond acceptors (Lipinski definition) is 4. The summed E-state index contributed by atoms with van der Waals surface area (Å²) in [7, 11) is 0. The van der Waals surface area contributed by atoms with Gasteiger partial charge in [0.15, 0.2) is 0 Å². The second kappa shape index (κ2) is 6.56. The molecule has 1 unspecified atom stereocenters. The first-order valence-electron chi connectivity index (χ1n) is 4.28. The van der Waals surface area contributed by atoms with E-state index in [2.05, 4.69) is 5.32 Å². The van der Waals surface area contributed by atoms with Crippen molar-refractivity contribution in [2.24, 2.45) is 5.73 Å². The van der Waals surface area contributed by atoms with Gasteiger partial charge in [0.2, 0.25) is 0 Å². The standard InChI is InChI=1S/C8H16N2O3/c1-2-10-5-6(11)3-4-7(9)8(12)13/h7,10H,2-5,9H2,1H3,(H,12,13). The van der Waals surface area contributed by atoms with Crippen molar-refractivity contribution >= 4 is 11.8 Å². The predicted molar refractivity (Wildman–Crippen MR) is 48.4 cm³/mol. The van der Waals surface area contributed by atoms with Gasteiger partial charge in [-0.05, 0) is 13.0 Å². The Kier molecular flexibility index (Phi) is 6.09. The van der Waals surface area contributed by atoms with Gasteiger partial charge in [-0.3, -0.25) is 9.59 Å². The van der Waals surface area contributed by atoms with Crippen molar-refractivity contribution in [3.8, 4) is 0 Å². The van der Waals surface area contributed by atoms with E-state index in [9.17, 15) is 9.59 Å². The molecule has 13 heavy (non-hydrogen) atoms. The number of nitrogens with two attached hydrogens (primary N) is 1. The van der Waals surface area contributed by atoms with E-state index in [1.54, 1.807) is 0 Å². The van der Waals surface area contributed by atoms with Crippen LogP contribution in [0.15, 0.2) is 0 Å². The summed E-state index contributed by atoms with van der Waals surface area (Å²) in [6.45, 7) is 2.93. The summed E-state index contributed by atoms with van der Waals surface area (Å²) in [5, 5.41) is 11.3. The number of carboxylic acid groups (broad SMARTS) is 1. The average molecular weight is 188 g/mol. The van der Waals surface area contributed by atoms with Crippen molar-refractivity contribution in [2.75, 3.05) is 13.1 Å². The number of Topliss-reactive ketones (excluding diaryl/α,β-unsaturated/α-hetero) is 1. The molecular formula is C8H16N2O3. The molecule has 0 spiro atoms. The lowest BCUT2D eigenvalue weighted by atomic mass is 10.1. The Morgan fingerprint density at radius 2 is 2.15 bits per heavy atom. The summed E-state index contributed by atoms with van der Waals surface area (Å²) >= 11 is 0. The molecule has 0 aromatic carbocycles. The fourth-order valence-corrected chi connectivity index (χ4v) is 0.793. The minimum absolute atomic E-state index is 0.00134. The Bertz CT molecular complexity index is 182. The second-order valence-corrected chi connectivity index (χ2v) is 2.80. The topological polar surface area (TPSA) is 92.4 Å². The van der Waals surface area contributed by atoms with Gasteiger partial charge in [-0.1, -0.05) is 6.92 Å². The molecule has 0 aliphatic rings. The molecule has 0 saturated heterocycles. The Hall–Kier alpha value is -0.940. The van der Waals surface area contributed by atoms with Crippen LogP contribution in [0.3, 0.4) is 0 Å². The minimum atomic E-state index is -1.06. The highest BCUT2D eigenvalue weighted by Crippen LogP contribution is 1.95. The molecule has 0 bridgehead atoms. The van der Waals surface area contributed by atoms with E-state index in [1.165, 1.54) is 0 Å². The van der Waals surface area contributed by atoms with E-state index >= 15 is 0 Å². The summed E-state index contributed by atoms with van der Waals surface area (Å²) in [6.07, 6.45) is 0.431. The summed E-state index contributed by atoms with van der Waals surface area (Å²) in [4.78, 5) is 21.3. The van der Waals surface area contributed by atoms with E-state index in [1.807, 2.05) is 6.92 Å². The van der Waals surface area contributed by atoms with Crippen LogP contribution in [-0.2, 0) is 9.59 Å². The van der Waals surface area contributed by atoms with Crippen molar-refractivity contribution in [1.82, 2.24) is 5.32 Å².